The number of hydrogen-bond acceptors (Lipinski definition) is 3. The first-order valence-electron chi connectivity index (χ1n) is 4.65. The second-order valence-electron chi connectivity index (χ2n) is 3.16. The van der Waals surface area contributed by atoms with E-state index in [1.807, 2.05) is 30.3 Å². The monoisotopic (exact) mass is 207 g/mol. The second-order valence-corrected chi connectivity index (χ2v) is 3.16. The standard InChI is InChI=1S/C11H13NO3/c13-7-10(8-14)12-11(15)6-9-4-2-1-3-5-9/h1-5,7,10,14H,6,8H2,(H,12,15). The molecule has 1 atom stereocenters. The number of carbonyl (C=O) groups is 2. The van der Waals surface area contributed by atoms with Crippen LogP contribution in [0.25, 0.3) is 0 Å². The Balaban J connectivity index is 2.46. The second kappa shape index (κ2) is 5.93. The summed E-state index contributed by atoms with van der Waals surface area (Å²) in [6, 6.07) is 8.39. The van der Waals surface area contributed by atoms with Gasteiger partial charge in [-0.2, -0.15) is 0 Å². The summed E-state index contributed by atoms with van der Waals surface area (Å²) >= 11 is 0. The number of amides is 1. The Hall–Kier alpha value is -1.68. The van der Waals surface area contributed by atoms with Crippen molar-refractivity contribution < 1.29 is 14.7 Å². The minimum atomic E-state index is -0.804. The van der Waals surface area contributed by atoms with E-state index < -0.39 is 6.04 Å². The summed E-state index contributed by atoms with van der Waals surface area (Å²) in [6.07, 6.45) is 0.730. The van der Waals surface area contributed by atoms with Gasteiger partial charge >= 0.3 is 0 Å². The van der Waals surface area contributed by atoms with Crippen LogP contribution >= 0.6 is 0 Å². The van der Waals surface area contributed by atoms with Gasteiger partial charge in [-0.25, -0.2) is 0 Å². The van der Waals surface area contributed by atoms with Gasteiger partial charge in [-0.05, 0) is 5.56 Å². The largest absolute Gasteiger partial charge is 0.394 e. The number of carbonyl (C=O) groups excluding carboxylic acids is 2. The van der Waals surface area contributed by atoms with Crippen LogP contribution in [0.4, 0.5) is 0 Å². The zero-order chi connectivity index (χ0) is 11.1. The third kappa shape index (κ3) is 3.91. The van der Waals surface area contributed by atoms with Gasteiger partial charge in [0.1, 0.15) is 12.3 Å². The van der Waals surface area contributed by atoms with E-state index in [1.54, 1.807) is 0 Å². The lowest BCUT2D eigenvalue weighted by molar-refractivity contribution is -0.124. The van der Waals surface area contributed by atoms with E-state index in [4.69, 9.17) is 5.11 Å². The summed E-state index contributed by atoms with van der Waals surface area (Å²) in [7, 11) is 0. The summed E-state index contributed by atoms with van der Waals surface area (Å²) in [5, 5.41) is 11.1. The van der Waals surface area contributed by atoms with Crippen molar-refractivity contribution in [1.29, 1.82) is 0 Å². The minimum Gasteiger partial charge on any atom is -0.394 e. The number of hydrogen-bond donors (Lipinski definition) is 2. The zero-order valence-corrected chi connectivity index (χ0v) is 8.22. The maximum absolute atomic E-state index is 11.4. The summed E-state index contributed by atoms with van der Waals surface area (Å²) in [5.74, 6) is -0.271. The molecule has 0 saturated carbocycles. The number of benzene rings is 1. The summed E-state index contributed by atoms with van der Waals surface area (Å²) in [5.41, 5.74) is 0.873. The lowest BCUT2D eigenvalue weighted by atomic mass is 10.1. The van der Waals surface area contributed by atoms with Crippen LogP contribution in [0.15, 0.2) is 30.3 Å². The van der Waals surface area contributed by atoms with Gasteiger partial charge in [0.05, 0.1) is 13.0 Å². The summed E-state index contributed by atoms with van der Waals surface area (Å²) < 4.78 is 0. The fourth-order valence-electron chi connectivity index (χ4n) is 1.16. The van der Waals surface area contributed by atoms with Crippen molar-refractivity contribution >= 4 is 12.2 Å². The van der Waals surface area contributed by atoms with Crippen LogP contribution in [-0.2, 0) is 16.0 Å². The van der Waals surface area contributed by atoms with Crippen molar-refractivity contribution in [2.75, 3.05) is 6.61 Å². The van der Waals surface area contributed by atoms with E-state index in [0.717, 1.165) is 5.56 Å². The average molecular weight is 207 g/mol. The fraction of sp³-hybridized carbons (Fsp3) is 0.273. The molecule has 0 aliphatic heterocycles. The normalized spacial score (nSPS) is 11.8. The first kappa shape index (κ1) is 11.4. The number of aliphatic hydroxyl groups excluding tert-OH is 1. The van der Waals surface area contributed by atoms with E-state index in [9.17, 15) is 9.59 Å². The molecule has 0 aliphatic rings. The van der Waals surface area contributed by atoms with Crippen LogP contribution < -0.4 is 5.32 Å². The van der Waals surface area contributed by atoms with Crippen molar-refractivity contribution in [3.05, 3.63) is 35.9 Å². The first-order chi connectivity index (χ1) is 7.26. The van der Waals surface area contributed by atoms with Crippen molar-refractivity contribution in [3.8, 4) is 0 Å². The molecule has 0 spiro atoms. The highest BCUT2D eigenvalue weighted by atomic mass is 16.3. The first-order valence-corrected chi connectivity index (χ1v) is 4.65. The Labute approximate surface area is 87.9 Å². The Morgan fingerprint density at radius 2 is 2.07 bits per heavy atom. The van der Waals surface area contributed by atoms with Gasteiger partial charge in [0, 0.05) is 0 Å². The molecule has 4 heteroatoms. The predicted octanol–water partition coefficient (Wildman–Crippen LogP) is -0.0949. The van der Waals surface area contributed by atoms with Crippen LogP contribution in [0.2, 0.25) is 0 Å². The van der Waals surface area contributed by atoms with Crippen molar-refractivity contribution in [1.82, 2.24) is 5.32 Å². The van der Waals surface area contributed by atoms with Gasteiger partial charge in [0.25, 0.3) is 0 Å². The maximum atomic E-state index is 11.4. The maximum Gasteiger partial charge on any atom is 0.225 e. The van der Waals surface area contributed by atoms with Crippen LogP contribution in [0.3, 0.4) is 0 Å². The van der Waals surface area contributed by atoms with Gasteiger partial charge < -0.3 is 15.2 Å². The Kier molecular flexibility index (Phi) is 4.50. The molecular formula is C11H13NO3. The minimum absolute atomic E-state index is 0.213. The molecule has 0 bridgehead atoms. The fourth-order valence-corrected chi connectivity index (χ4v) is 1.16. The van der Waals surface area contributed by atoms with Crippen molar-refractivity contribution in [3.63, 3.8) is 0 Å². The molecule has 0 heterocycles. The van der Waals surface area contributed by atoms with Crippen LogP contribution in [0, 0.1) is 0 Å². The van der Waals surface area contributed by atoms with Crippen LogP contribution in [0.1, 0.15) is 5.56 Å². The Bertz CT molecular complexity index is 324. The SMILES string of the molecule is O=CC(CO)NC(=O)Cc1ccccc1. The quantitative estimate of drug-likeness (QED) is 0.663. The molecule has 1 rings (SSSR count). The molecule has 1 aromatic carbocycles. The predicted molar refractivity (Wildman–Crippen MR) is 55.2 cm³/mol. The topological polar surface area (TPSA) is 66.4 Å². The highest BCUT2D eigenvalue weighted by molar-refractivity contribution is 5.81. The molecule has 0 saturated heterocycles. The van der Waals surface area contributed by atoms with Crippen LogP contribution in [0.5, 0.6) is 0 Å². The number of rotatable bonds is 5. The highest BCUT2D eigenvalue weighted by Gasteiger charge is 2.09. The number of aldehydes is 1. The van der Waals surface area contributed by atoms with Gasteiger partial charge in [-0.15, -0.1) is 0 Å². The average Bonchev–Trinajstić information content (AvgIpc) is 2.27. The Morgan fingerprint density at radius 3 is 2.60 bits per heavy atom. The molecule has 2 N–H and O–H groups in total. The summed E-state index contributed by atoms with van der Waals surface area (Å²) in [4.78, 5) is 21.7. The molecule has 1 unspecified atom stereocenters. The third-order valence-electron chi connectivity index (χ3n) is 1.91. The lowest BCUT2D eigenvalue weighted by Crippen LogP contribution is -2.39. The molecule has 1 amide bonds. The molecule has 4 nitrogen and oxygen atoms in total. The number of nitrogens with one attached hydrogen (secondary N) is 1. The van der Waals surface area contributed by atoms with E-state index in [1.165, 1.54) is 0 Å². The molecule has 80 valence electrons. The molecule has 0 aromatic heterocycles. The molecule has 0 aliphatic carbocycles. The summed E-state index contributed by atoms with van der Waals surface area (Å²) in [6.45, 7) is -0.371. The van der Waals surface area contributed by atoms with Gasteiger partial charge in [0.2, 0.25) is 5.91 Å². The molecule has 0 radical (unpaired) electrons. The number of aliphatic hydroxyl groups is 1. The molecule has 0 fully saturated rings. The van der Waals surface area contributed by atoms with Crippen molar-refractivity contribution in [2.24, 2.45) is 0 Å². The third-order valence-corrected chi connectivity index (χ3v) is 1.91. The Morgan fingerprint density at radius 1 is 1.40 bits per heavy atom. The zero-order valence-electron chi connectivity index (χ0n) is 8.22. The van der Waals surface area contributed by atoms with Gasteiger partial charge in [0.15, 0.2) is 0 Å². The van der Waals surface area contributed by atoms with Gasteiger partial charge in [-0.1, -0.05) is 30.3 Å². The van der Waals surface area contributed by atoms with Crippen LogP contribution in [-0.4, -0.2) is 29.9 Å². The molecule has 1 aromatic rings. The van der Waals surface area contributed by atoms with E-state index in [2.05, 4.69) is 5.32 Å². The molecule has 15 heavy (non-hydrogen) atoms. The van der Waals surface area contributed by atoms with Gasteiger partial charge in [-0.3, -0.25) is 4.79 Å². The van der Waals surface area contributed by atoms with Crippen molar-refractivity contribution in [2.45, 2.75) is 12.5 Å². The van der Waals surface area contributed by atoms with E-state index in [0.29, 0.717) is 6.29 Å². The highest BCUT2D eigenvalue weighted by Crippen LogP contribution is 1.99. The van der Waals surface area contributed by atoms with E-state index in [-0.39, 0.29) is 18.9 Å². The lowest BCUT2D eigenvalue weighted by Gasteiger charge is -2.09. The smallest absolute Gasteiger partial charge is 0.225 e. The molecular weight excluding hydrogens is 194 g/mol. The van der Waals surface area contributed by atoms with E-state index >= 15 is 0 Å².